The highest BCUT2D eigenvalue weighted by molar-refractivity contribution is 5.77. The fourth-order valence-electron chi connectivity index (χ4n) is 3.10. The monoisotopic (exact) mass is 169 g/mol. The van der Waals surface area contributed by atoms with Crippen LogP contribution in [0, 0.1) is 10.8 Å². The van der Waals surface area contributed by atoms with E-state index in [0.717, 1.165) is 19.3 Å². The minimum atomic E-state index is -0.385. The Morgan fingerprint density at radius 3 is 2.33 bits per heavy atom. The lowest BCUT2D eigenvalue weighted by atomic mass is 9.34. The fourth-order valence-corrected chi connectivity index (χ4v) is 3.10. The average molecular weight is 169 g/mol. The summed E-state index contributed by atoms with van der Waals surface area (Å²) < 4.78 is 4.63. The normalized spacial score (nSPS) is 45.6. The highest BCUT2D eigenvalue weighted by Gasteiger charge is 2.68. The maximum absolute atomic E-state index is 11.1. The van der Waals surface area contributed by atoms with Crippen molar-refractivity contribution in [3.8, 4) is 0 Å². The molecular formula is C9H15NO2. The number of nitrogens with two attached hydrogens (primary N) is 1. The van der Waals surface area contributed by atoms with E-state index in [1.807, 2.05) is 0 Å². The van der Waals surface area contributed by atoms with Gasteiger partial charge in [-0.3, -0.25) is 4.79 Å². The molecule has 0 aromatic carbocycles. The van der Waals surface area contributed by atoms with E-state index in [0.29, 0.717) is 5.41 Å². The molecule has 0 radical (unpaired) electrons. The van der Waals surface area contributed by atoms with Gasteiger partial charge in [-0.15, -0.1) is 0 Å². The second-order valence-electron chi connectivity index (χ2n) is 4.70. The molecule has 12 heavy (non-hydrogen) atoms. The van der Waals surface area contributed by atoms with Gasteiger partial charge in [-0.05, 0) is 30.1 Å². The SMILES string of the molecule is COC(=O)[C@H](N)C12CC(C)(C1)C2. The largest absolute Gasteiger partial charge is 0.468 e. The third-order valence-corrected chi connectivity index (χ3v) is 3.45. The van der Waals surface area contributed by atoms with Crippen LogP contribution in [0.1, 0.15) is 26.2 Å². The molecule has 0 unspecified atom stereocenters. The highest BCUT2D eigenvalue weighted by atomic mass is 16.5. The van der Waals surface area contributed by atoms with Crippen molar-refractivity contribution in [3.63, 3.8) is 0 Å². The number of hydrogen-bond donors (Lipinski definition) is 1. The molecule has 0 aliphatic heterocycles. The quantitative estimate of drug-likeness (QED) is 0.618. The third-order valence-electron chi connectivity index (χ3n) is 3.45. The average Bonchev–Trinajstić information content (AvgIpc) is 1.94. The predicted octanol–water partition coefficient (Wildman–Crippen LogP) is 0.677. The van der Waals surface area contributed by atoms with E-state index in [9.17, 15) is 4.79 Å². The van der Waals surface area contributed by atoms with Gasteiger partial charge in [-0.1, -0.05) is 6.92 Å². The van der Waals surface area contributed by atoms with E-state index >= 15 is 0 Å². The van der Waals surface area contributed by atoms with Crippen molar-refractivity contribution in [3.05, 3.63) is 0 Å². The van der Waals surface area contributed by atoms with Crippen LogP contribution in [0.4, 0.5) is 0 Å². The van der Waals surface area contributed by atoms with Crippen LogP contribution in [0.25, 0.3) is 0 Å². The molecule has 2 N–H and O–H groups in total. The first-order valence-corrected chi connectivity index (χ1v) is 4.35. The predicted molar refractivity (Wildman–Crippen MR) is 44.4 cm³/mol. The maximum Gasteiger partial charge on any atom is 0.323 e. The van der Waals surface area contributed by atoms with Gasteiger partial charge in [0, 0.05) is 0 Å². The van der Waals surface area contributed by atoms with E-state index in [-0.39, 0.29) is 17.4 Å². The van der Waals surface area contributed by atoms with Gasteiger partial charge in [0.2, 0.25) is 0 Å². The molecule has 3 rings (SSSR count). The summed E-state index contributed by atoms with van der Waals surface area (Å²) in [6.45, 7) is 2.25. The molecule has 0 amide bonds. The molecule has 0 saturated heterocycles. The van der Waals surface area contributed by atoms with Crippen molar-refractivity contribution in [2.75, 3.05) is 7.11 Å². The Hall–Kier alpha value is -0.570. The van der Waals surface area contributed by atoms with Crippen LogP contribution in [0.3, 0.4) is 0 Å². The van der Waals surface area contributed by atoms with E-state index in [1.165, 1.54) is 7.11 Å². The van der Waals surface area contributed by atoms with Gasteiger partial charge in [-0.25, -0.2) is 0 Å². The summed E-state index contributed by atoms with van der Waals surface area (Å²) in [5.74, 6) is -0.253. The zero-order valence-electron chi connectivity index (χ0n) is 7.59. The number of rotatable bonds is 2. The molecule has 68 valence electrons. The van der Waals surface area contributed by atoms with Gasteiger partial charge in [0.15, 0.2) is 0 Å². The molecule has 1 atom stereocenters. The van der Waals surface area contributed by atoms with Crippen molar-refractivity contribution in [1.29, 1.82) is 0 Å². The zero-order valence-corrected chi connectivity index (χ0v) is 7.59. The molecular weight excluding hydrogens is 154 g/mol. The van der Waals surface area contributed by atoms with Gasteiger partial charge >= 0.3 is 5.97 Å². The van der Waals surface area contributed by atoms with Gasteiger partial charge in [0.25, 0.3) is 0 Å². The Morgan fingerprint density at radius 2 is 2.00 bits per heavy atom. The Balaban J connectivity index is 1.99. The summed E-state index contributed by atoms with van der Waals surface area (Å²) in [5.41, 5.74) is 6.41. The van der Waals surface area contributed by atoms with Crippen molar-refractivity contribution in [2.24, 2.45) is 16.6 Å². The Bertz CT molecular complexity index is 217. The molecule has 0 aromatic heterocycles. The van der Waals surface area contributed by atoms with E-state index in [1.54, 1.807) is 0 Å². The van der Waals surface area contributed by atoms with Crippen LogP contribution in [0.2, 0.25) is 0 Å². The second kappa shape index (κ2) is 2.02. The van der Waals surface area contributed by atoms with Crippen LogP contribution < -0.4 is 5.73 Å². The molecule has 3 nitrogen and oxygen atoms in total. The first-order valence-electron chi connectivity index (χ1n) is 4.35. The lowest BCUT2D eigenvalue weighted by molar-refractivity contribution is -0.211. The number of ether oxygens (including phenoxy) is 1. The molecule has 3 aliphatic rings. The first-order chi connectivity index (χ1) is 5.51. The van der Waals surface area contributed by atoms with Crippen LogP contribution in [-0.4, -0.2) is 19.1 Å². The summed E-state index contributed by atoms with van der Waals surface area (Å²) >= 11 is 0. The maximum atomic E-state index is 11.1. The number of hydrogen-bond acceptors (Lipinski definition) is 3. The lowest BCUT2D eigenvalue weighted by Gasteiger charge is -2.71. The number of carbonyl (C=O) groups is 1. The molecule has 0 spiro atoms. The lowest BCUT2D eigenvalue weighted by Crippen LogP contribution is -2.69. The van der Waals surface area contributed by atoms with Crippen LogP contribution in [0.15, 0.2) is 0 Å². The van der Waals surface area contributed by atoms with Gasteiger partial charge in [-0.2, -0.15) is 0 Å². The van der Waals surface area contributed by atoms with Crippen LogP contribution in [-0.2, 0) is 9.53 Å². The van der Waals surface area contributed by atoms with Gasteiger partial charge in [0.05, 0.1) is 7.11 Å². The third kappa shape index (κ3) is 0.774. The summed E-state index contributed by atoms with van der Waals surface area (Å²) in [4.78, 5) is 11.1. The first kappa shape index (κ1) is 8.05. The molecule has 3 fully saturated rings. The second-order valence-corrected chi connectivity index (χ2v) is 4.70. The summed E-state index contributed by atoms with van der Waals surface area (Å²) in [6.07, 6.45) is 3.32. The van der Waals surface area contributed by atoms with Crippen molar-refractivity contribution >= 4 is 5.97 Å². The Labute approximate surface area is 72.3 Å². The Kier molecular flexibility index (Phi) is 1.35. The minimum absolute atomic E-state index is 0.113. The van der Waals surface area contributed by atoms with Crippen LogP contribution in [0.5, 0.6) is 0 Å². The summed E-state index contributed by atoms with van der Waals surface area (Å²) in [7, 11) is 1.40. The van der Waals surface area contributed by atoms with Crippen molar-refractivity contribution in [2.45, 2.75) is 32.2 Å². The smallest absolute Gasteiger partial charge is 0.323 e. The zero-order chi connectivity index (χ0) is 8.98. The molecule has 0 heterocycles. The number of esters is 1. The minimum Gasteiger partial charge on any atom is -0.468 e. The molecule has 3 aliphatic carbocycles. The number of carbonyl (C=O) groups excluding carboxylic acids is 1. The summed E-state index contributed by atoms with van der Waals surface area (Å²) in [5, 5.41) is 0. The molecule has 3 heteroatoms. The van der Waals surface area contributed by atoms with Crippen molar-refractivity contribution < 1.29 is 9.53 Å². The van der Waals surface area contributed by atoms with Crippen LogP contribution >= 0.6 is 0 Å². The van der Waals surface area contributed by atoms with E-state index in [2.05, 4.69) is 11.7 Å². The van der Waals surface area contributed by atoms with Crippen molar-refractivity contribution in [1.82, 2.24) is 0 Å². The molecule has 2 bridgehead atoms. The molecule has 0 aromatic rings. The van der Waals surface area contributed by atoms with Gasteiger partial charge in [0.1, 0.15) is 6.04 Å². The summed E-state index contributed by atoms with van der Waals surface area (Å²) in [6, 6.07) is -0.385. The molecule has 3 saturated carbocycles. The van der Waals surface area contributed by atoms with E-state index < -0.39 is 0 Å². The standard InChI is InChI=1S/C9H15NO2/c1-8-3-9(4-8,5-8)6(10)7(11)12-2/h6H,3-5,10H2,1-2H3/t6-,8?,9?/m0/s1. The fraction of sp³-hybridized carbons (Fsp3) is 0.889. The highest BCUT2D eigenvalue weighted by Crippen LogP contribution is 2.74. The van der Waals surface area contributed by atoms with E-state index in [4.69, 9.17) is 5.73 Å². The van der Waals surface area contributed by atoms with Gasteiger partial charge < -0.3 is 10.5 Å². The number of methoxy groups -OCH3 is 1. The topological polar surface area (TPSA) is 52.3 Å². The Morgan fingerprint density at radius 1 is 1.50 bits per heavy atom.